The Kier molecular flexibility index (Phi) is 4.48. The van der Waals surface area contributed by atoms with Gasteiger partial charge in [0.15, 0.2) is 17.2 Å². The molecule has 0 amide bonds. The number of nitrogen functional groups attached to an aromatic ring is 1. The van der Waals surface area contributed by atoms with Gasteiger partial charge in [-0.15, -0.1) is 0 Å². The number of anilines is 1. The van der Waals surface area contributed by atoms with Gasteiger partial charge < -0.3 is 25.7 Å². The second-order valence-corrected chi connectivity index (χ2v) is 6.70. The maximum absolute atomic E-state index is 9.87. The molecule has 3 aromatic rings. The molecule has 29 heavy (non-hydrogen) atoms. The zero-order valence-corrected chi connectivity index (χ0v) is 16.0. The van der Waals surface area contributed by atoms with Crippen molar-refractivity contribution in [3.05, 3.63) is 65.0 Å². The van der Waals surface area contributed by atoms with E-state index in [1.165, 1.54) is 14.2 Å². The fraction of sp³-hybridized carbons (Fsp3) is 0.136. The maximum atomic E-state index is 9.87. The van der Waals surface area contributed by atoms with Gasteiger partial charge in [0.05, 0.1) is 25.8 Å². The molecule has 1 atom stereocenters. The van der Waals surface area contributed by atoms with Crippen LogP contribution in [0.5, 0.6) is 17.2 Å². The fourth-order valence-electron chi connectivity index (χ4n) is 3.87. The van der Waals surface area contributed by atoms with E-state index in [2.05, 4.69) is 6.07 Å². The molecule has 0 saturated heterocycles. The highest BCUT2D eigenvalue weighted by molar-refractivity contribution is 6.34. The minimum absolute atomic E-state index is 0.0142. The number of benzene rings is 3. The first-order chi connectivity index (χ1) is 14.0. The van der Waals surface area contributed by atoms with Gasteiger partial charge in [0.1, 0.15) is 19.5 Å². The summed E-state index contributed by atoms with van der Waals surface area (Å²) in [5, 5.41) is 11.7. The Labute approximate surface area is 169 Å². The molecule has 0 aromatic heterocycles. The summed E-state index contributed by atoms with van der Waals surface area (Å²) < 4.78 is 16.6. The second-order valence-electron chi connectivity index (χ2n) is 6.70. The largest absolute Gasteiger partial charge is 0.493 e. The van der Waals surface area contributed by atoms with Gasteiger partial charge in [-0.3, -0.25) is 0 Å². The summed E-state index contributed by atoms with van der Waals surface area (Å²) >= 11 is 0. The highest BCUT2D eigenvalue weighted by Crippen LogP contribution is 2.49. The van der Waals surface area contributed by atoms with Crippen molar-refractivity contribution in [2.24, 2.45) is 5.73 Å². The van der Waals surface area contributed by atoms with Gasteiger partial charge in [0, 0.05) is 5.56 Å². The van der Waals surface area contributed by atoms with Crippen molar-refractivity contribution in [3.63, 3.8) is 0 Å². The molecule has 1 aliphatic rings. The first-order valence-corrected chi connectivity index (χ1v) is 8.90. The lowest BCUT2D eigenvalue weighted by Crippen LogP contribution is -2.23. The molecule has 0 fully saturated rings. The highest BCUT2D eigenvalue weighted by Gasteiger charge is 2.34. The Hall–Kier alpha value is -3.79. The van der Waals surface area contributed by atoms with Crippen molar-refractivity contribution >= 4 is 29.8 Å². The molecule has 7 heteroatoms. The molecular formula is C22H18BN3O3. The molecule has 0 aliphatic carbocycles. The van der Waals surface area contributed by atoms with Crippen molar-refractivity contribution < 1.29 is 14.2 Å². The van der Waals surface area contributed by atoms with Crippen molar-refractivity contribution in [3.8, 4) is 23.3 Å². The highest BCUT2D eigenvalue weighted by atomic mass is 16.5. The van der Waals surface area contributed by atoms with Crippen LogP contribution in [0.1, 0.15) is 17.0 Å². The van der Waals surface area contributed by atoms with E-state index in [1.54, 1.807) is 12.1 Å². The van der Waals surface area contributed by atoms with E-state index in [9.17, 15) is 5.26 Å². The van der Waals surface area contributed by atoms with Crippen LogP contribution >= 0.6 is 0 Å². The average Bonchev–Trinajstić information content (AvgIpc) is 2.72. The molecule has 3 aromatic carbocycles. The molecule has 2 radical (unpaired) electrons. The zero-order valence-electron chi connectivity index (χ0n) is 16.0. The molecule has 0 saturated carbocycles. The van der Waals surface area contributed by atoms with Gasteiger partial charge in [-0.1, -0.05) is 35.8 Å². The Morgan fingerprint density at radius 2 is 1.86 bits per heavy atom. The summed E-state index contributed by atoms with van der Waals surface area (Å²) in [7, 11) is 9.26. The lowest BCUT2D eigenvalue weighted by atomic mass is 9.78. The molecule has 6 nitrogen and oxygen atoms in total. The number of hydrogen-bond acceptors (Lipinski definition) is 6. The smallest absolute Gasteiger partial charge is 0.205 e. The van der Waals surface area contributed by atoms with Gasteiger partial charge in [0.25, 0.3) is 0 Å². The zero-order chi connectivity index (χ0) is 20.7. The summed E-state index contributed by atoms with van der Waals surface area (Å²) in [5.41, 5.74) is 15.0. The third-order valence-corrected chi connectivity index (χ3v) is 5.11. The van der Waals surface area contributed by atoms with E-state index in [0.717, 1.165) is 21.9 Å². The Bertz CT molecular complexity index is 1210. The minimum atomic E-state index is -0.528. The quantitative estimate of drug-likeness (QED) is 0.532. The number of fused-ring (bicyclic) bond motifs is 3. The first kappa shape index (κ1) is 18.6. The topological polar surface area (TPSA) is 104 Å². The van der Waals surface area contributed by atoms with Crippen LogP contribution in [0.4, 0.5) is 5.69 Å². The number of nitrogens with two attached hydrogens (primary N) is 2. The third-order valence-electron chi connectivity index (χ3n) is 5.11. The number of hydrogen-bond donors (Lipinski definition) is 2. The third kappa shape index (κ3) is 2.81. The van der Waals surface area contributed by atoms with E-state index in [4.69, 9.17) is 33.5 Å². The van der Waals surface area contributed by atoms with Crippen LogP contribution in [0, 0.1) is 11.3 Å². The van der Waals surface area contributed by atoms with Gasteiger partial charge in [-0.05, 0) is 28.5 Å². The lowest BCUT2D eigenvalue weighted by Gasteiger charge is -2.29. The molecule has 0 spiro atoms. The van der Waals surface area contributed by atoms with Crippen LogP contribution < -0.4 is 31.1 Å². The molecule has 1 unspecified atom stereocenters. The summed E-state index contributed by atoms with van der Waals surface area (Å²) in [4.78, 5) is 0. The number of methoxy groups -OCH3 is 2. The normalized spacial score (nSPS) is 15.4. The standard InChI is InChI=1S/C22H18BN3O3/c1-27-17-9-12(7-15(23)20(17)28-2)18-14(10-24)22(26)29-21-16(25)8-11-5-3-4-6-13(11)19(18)21/h3-9,18H,25-26H2,1-2H3. The van der Waals surface area contributed by atoms with E-state index >= 15 is 0 Å². The predicted octanol–water partition coefficient (Wildman–Crippen LogP) is 2.45. The van der Waals surface area contributed by atoms with E-state index in [0.29, 0.717) is 28.4 Å². The summed E-state index contributed by atoms with van der Waals surface area (Å²) in [6, 6.07) is 15.3. The summed E-state index contributed by atoms with van der Waals surface area (Å²) in [5.74, 6) is 0.814. The number of allylic oxidation sites excluding steroid dienone is 1. The molecule has 1 heterocycles. The van der Waals surface area contributed by atoms with E-state index < -0.39 is 5.92 Å². The minimum Gasteiger partial charge on any atom is -0.493 e. The van der Waals surface area contributed by atoms with Crippen molar-refractivity contribution in [1.29, 1.82) is 5.26 Å². The average molecular weight is 383 g/mol. The summed E-state index contributed by atoms with van der Waals surface area (Å²) in [6.07, 6.45) is 0. The van der Waals surface area contributed by atoms with Gasteiger partial charge >= 0.3 is 0 Å². The van der Waals surface area contributed by atoms with Gasteiger partial charge in [0.2, 0.25) is 5.88 Å². The van der Waals surface area contributed by atoms with Crippen LogP contribution in [0.25, 0.3) is 10.8 Å². The molecular weight excluding hydrogens is 365 g/mol. The maximum Gasteiger partial charge on any atom is 0.205 e. The van der Waals surface area contributed by atoms with E-state index in [1.807, 2.05) is 30.3 Å². The molecule has 142 valence electrons. The number of nitriles is 1. The van der Waals surface area contributed by atoms with Crippen LogP contribution in [-0.2, 0) is 0 Å². The first-order valence-electron chi connectivity index (χ1n) is 8.90. The SMILES string of the molecule is [B]c1cc(C2C(C#N)=C(N)Oc3c(N)cc4ccccc4c32)cc(OC)c1OC. The van der Waals surface area contributed by atoms with E-state index in [-0.39, 0.29) is 11.5 Å². The molecule has 4 N–H and O–H groups in total. The van der Waals surface area contributed by atoms with Crippen LogP contribution in [0.2, 0.25) is 0 Å². The Balaban J connectivity index is 2.09. The van der Waals surface area contributed by atoms with Crippen molar-refractivity contribution in [2.75, 3.05) is 20.0 Å². The van der Waals surface area contributed by atoms with Crippen LogP contribution in [0.3, 0.4) is 0 Å². The monoisotopic (exact) mass is 383 g/mol. The second kappa shape index (κ2) is 6.99. The van der Waals surface area contributed by atoms with Crippen molar-refractivity contribution in [1.82, 2.24) is 0 Å². The van der Waals surface area contributed by atoms with Crippen LogP contribution in [-0.4, -0.2) is 22.1 Å². The Morgan fingerprint density at radius 1 is 1.10 bits per heavy atom. The Morgan fingerprint density at radius 3 is 2.55 bits per heavy atom. The van der Waals surface area contributed by atoms with Crippen molar-refractivity contribution in [2.45, 2.75) is 5.92 Å². The molecule has 4 rings (SSSR count). The number of ether oxygens (including phenoxy) is 3. The van der Waals surface area contributed by atoms with Gasteiger partial charge in [-0.25, -0.2) is 0 Å². The predicted molar refractivity (Wildman–Crippen MR) is 113 cm³/mol. The lowest BCUT2D eigenvalue weighted by molar-refractivity contribution is 0.356. The molecule has 0 bridgehead atoms. The number of nitrogens with zero attached hydrogens (tertiary/aromatic N) is 1. The fourth-order valence-corrected chi connectivity index (χ4v) is 3.87. The van der Waals surface area contributed by atoms with Gasteiger partial charge in [-0.2, -0.15) is 5.26 Å². The number of rotatable bonds is 3. The molecule has 1 aliphatic heterocycles. The summed E-state index contributed by atoms with van der Waals surface area (Å²) in [6.45, 7) is 0. The van der Waals surface area contributed by atoms with Crippen LogP contribution in [0.15, 0.2) is 53.9 Å².